The van der Waals surface area contributed by atoms with Gasteiger partial charge in [0.1, 0.15) is 5.82 Å². The minimum atomic E-state index is 0.225. The first-order chi connectivity index (χ1) is 9.74. The van der Waals surface area contributed by atoms with Crippen molar-refractivity contribution in [2.45, 2.75) is 25.3 Å². The van der Waals surface area contributed by atoms with Crippen molar-refractivity contribution in [3.8, 4) is 5.88 Å². The Balaban J connectivity index is 1.75. The number of nitrogens with one attached hydrogen (secondary N) is 1. The van der Waals surface area contributed by atoms with Crippen molar-refractivity contribution in [2.75, 3.05) is 18.2 Å². The number of rotatable bonds is 3. The average molecular weight is 270 g/mol. The Morgan fingerprint density at radius 1 is 1.25 bits per heavy atom. The number of nitrogen functional groups attached to an aromatic ring is 1. The van der Waals surface area contributed by atoms with E-state index in [1.165, 1.54) is 11.1 Å². The van der Waals surface area contributed by atoms with Crippen LogP contribution in [-0.4, -0.2) is 23.1 Å². The van der Waals surface area contributed by atoms with Gasteiger partial charge in [-0.15, -0.1) is 0 Å². The number of fused-ring (bicyclic) bond motifs is 1. The number of hydrogen-bond donors (Lipinski definition) is 2. The molecule has 20 heavy (non-hydrogen) atoms. The topological polar surface area (TPSA) is 73.1 Å². The van der Waals surface area contributed by atoms with Crippen LogP contribution in [0, 0.1) is 0 Å². The van der Waals surface area contributed by atoms with Crippen LogP contribution in [-0.2, 0) is 12.8 Å². The van der Waals surface area contributed by atoms with Gasteiger partial charge in [0, 0.05) is 12.1 Å². The van der Waals surface area contributed by atoms with E-state index in [1.54, 1.807) is 13.2 Å². The van der Waals surface area contributed by atoms with E-state index in [1.807, 2.05) is 0 Å². The van der Waals surface area contributed by atoms with E-state index in [4.69, 9.17) is 10.5 Å². The summed E-state index contributed by atoms with van der Waals surface area (Å²) in [6.45, 7) is 0. The summed E-state index contributed by atoms with van der Waals surface area (Å²) in [5, 5.41) is 3.43. The molecule has 1 heterocycles. The van der Waals surface area contributed by atoms with Gasteiger partial charge >= 0.3 is 0 Å². The first-order valence-electron chi connectivity index (χ1n) is 6.76. The minimum Gasteiger partial charge on any atom is -0.481 e. The summed E-state index contributed by atoms with van der Waals surface area (Å²) < 4.78 is 5.11. The van der Waals surface area contributed by atoms with E-state index in [0.717, 1.165) is 25.1 Å². The van der Waals surface area contributed by atoms with Gasteiger partial charge in [0.2, 0.25) is 11.8 Å². The van der Waals surface area contributed by atoms with Crippen molar-refractivity contribution in [2.24, 2.45) is 0 Å². The highest BCUT2D eigenvalue weighted by atomic mass is 16.5. The van der Waals surface area contributed by atoms with E-state index in [0.29, 0.717) is 11.9 Å². The molecule has 1 atom stereocenters. The predicted octanol–water partition coefficient (Wildman–Crippen LogP) is 2.04. The molecule has 5 heteroatoms. The molecule has 1 aliphatic carbocycles. The summed E-state index contributed by atoms with van der Waals surface area (Å²) >= 11 is 0. The predicted molar refractivity (Wildman–Crippen MR) is 78.9 cm³/mol. The molecule has 0 aliphatic heterocycles. The molecule has 2 aromatic rings. The lowest BCUT2D eigenvalue weighted by Crippen LogP contribution is -2.27. The monoisotopic (exact) mass is 270 g/mol. The van der Waals surface area contributed by atoms with Crippen molar-refractivity contribution in [1.29, 1.82) is 0 Å². The summed E-state index contributed by atoms with van der Waals surface area (Å²) in [4.78, 5) is 8.19. The van der Waals surface area contributed by atoms with Crippen LogP contribution in [0.2, 0.25) is 0 Å². The van der Waals surface area contributed by atoms with Crippen LogP contribution in [0.25, 0.3) is 0 Å². The van der Waals surface area contributed by atoms with E-state index in [-0.39, 0.29) is 5.95 Å². The Hall–Kier alpha value is -2.30. The summed E-state index contributed by atoms with van der Waals surface area (Å²) in [5.41, 5.74) is 8.53. The third-order valence-electron chi connectivity index (χ3n) is 3.63. The third-order valence-corrected chi connectivity index (χ3v) is 3.63. The van der Waals surface area contributed by atoms with Crippen LogP contribution in [0.5, 0.6) is 5.88 Å². The molecular formula is C15H18N4O. The van der Waals surface area contributed by atoms with Crippen molar-refractivity contribution >= 4 is 11.8 Å². The van der Waals surface area contributed by atoms with Crippen LogP contribution < -0.4 is 15.8 Å². The fourth-order valence-electron chi connectivity index (χ4n) is 2.65. The highest BCUT2D eigenvalue weighted by molar-refractivity contribution is 5.44. The molecule has 0 radical (unpaired) electrons. The Morgan fingerprint density at radius 3 is 2.85 bits per heavy atom. The molecule has 104 valence electrons. The number of ether oxygens (including phenoxy) is 1. The molecule has 0 saturated heterocycles. The van der Waals surface area contributed by atoms with Gasteiger partial charge in [-0.3, -0.25) is 0 Å². The SMILES string of the molecule is COc1cc(NC2CCc3ccccc3C2)nc(N)n1. The van der Waals surface area contributed by atoms with Gasteiger partial charge < -0.3 is 15.8 Å². The van der Waals surface area contributed by atoms with Gasteiger partial charge in [-0.2, -0.15) is 9.97 Å². The maximum absolute atomic E-state index is 5.67. The maximum Gasteiger partial charge on any atom is 0.225 e. The van der Waals surface area contributed by atoms with Gasteiger partial charge in [-0.25, -0.2) is 0 Å². The second-order valence-electron chi connectivity index (χ2n) is 5.01. The molecule has 0 bridgehead atoms. The highest BCUT2D eigenvalue weighted by Gasteiger charge is 2.18. The van der Waals surface area contributed by atoms with Crippen molar-refractivity contribution < 1.29 is 4.74 Å². The van der Waals surface area contributed by atoms with Crippen molar-refractivity contribution in [3.63, 3.8) is 0 Å². The number of benzene rings is 1. The molecule has 0 amide bonds. The van der Waals surface area contributed by atoms with E-state index >= 15 is 0 Å². The molecule has 0 saturated carbocycles. The van der Waals surface area contributed by atoms with Gasteiger partial charge in [0.25, 0.3) is 0 Å². The molecule has 1 unspecified atom stereocenters. The first-order valence-corrected chi connectivity index (χ1v) is 6.76. The van der Waals surface area contributed by atoms with Crippen LogP contribution in [0.4, 0.5) is 11.8 Å². The van der Waals surface area contributed by atoms with E-state index in [2.05, 4.69) is 39.6 Å². The normalized spacial score (nSPS) is 17.4. The Labute approximate surface area is 118 Å². The van der Waals surface area contributed by atoms with Crippen LogP contribution in [0.3, 0.4) is 0 Å². The average Bonchev–Trinajstić information content (AvgIpc) is 2.46. The lowest BCUT2D eigenvalue weighted by atomic mass is 9.88. The molecule has 1 aliphatic rings. The fraction of sp³-hybridized carbons (Fsp3) is 0.333. The maximum atomic E-state index is 5.67. The Morgan fingerprint density at radius 2 is 2.05 bits per heavy atom. The smallest absolute Gasteiger partial charge is 0.225 e. The molecule has 0 spiro atoms. The second-order valence-corrected chi connectivity index (χ2v) is 5.01. The third kappa shape index (κ3) is 2.66. The van der Waals surface area contributed by atoms with Crippen LogP contribution in [0.1, 0.15) is 17.5 Å². The molecule has 1 aromatic carbocycles. The van der Waals surface area contributed by atoms with Crippen LogP contribution >= 0.6 is 0 Å². The standard InChI is InChI=1S/C15H18N4O/c1-20-14-9-13(18-15(16)19-14)17-12-7-6-10-4-2-3-5-11(10)8-12/h2-5,9,12H,6-8H2,1H3,(H3,16,17,18,19). The summed E-state index contributed by atoms with van der Waals surface area (Å²) in [6.07, 6.45) is 3.18. The fourth-order valence-corrected chi connectivity index (χ4v) is 2.65. The van der Waals surface area contributed by atoms with Crippen LogP contribution in [0.15, 0.2) is 30.3 Å². The Kier molecular flexibility index (Phi) is 3.41. The lowest BCUT2D eigenvalue weighted by Gasteiger charge is -2.26. The molecule has 3 rings (SSSR count). The number of nitrogens with two attached hydrogens (primary N) is 1. The summed E-state index contributed by atoms with van der Waals surface area (Å²) in [6, 6.07) is 10.7. The second kappa shape index (κ2) is 5.36. The quantitative estimate of drug-likeness (QED) is 0.893. The van der Waals surface area contributed by atoms with E-state index < -0.39 is 0 Å². The number of aryl methyl sites for hydroxylation is 1. The van der Waals surface area contributed by atoms with Crippen molar-refractivity contribution in [1.82, 2.24) is 9.97 Å². The van der Waals surface area contributed by atoms with Crippen molar-refractivity contribution in [3.05, 3.63) is 41.5 Å². The molecular weight excluding hydrogens is 252 g/mol. The molecule has 0 fully saturated rings. The number of hydrogen-bond acceptors (Lipinski definition) is 5. The molecule has 3 N–H and O–H groups in total. The number of nitrogens with zero attached hydrogens (tertiary/aromatic N) is 2. The number of anilines is 2. The zero-order chi connectivity index (χ0) is 13.9. The summed E-state index contributed by atoms with van der Waals surface area (Å²) in [5.74, 6) is 1.43. The lowest BCUT2D eigenvalue weighted by molar-refractivity contribution is 0.398. The number of methoxy groups -OCH3 is 1. The van der Waals surface area contributed by atoms with Gasteiger partial charge in [0.15, 0.2) is 0 Å². The first kappa shape index (κ1) is 12.7. The zero-order valence-corrected chi connectivity index (χ0v) is 11.5. The van der Waals surface area contributed by atoms with Gasteiger partial charge in [0.05, 0.1) is 7.11 Å². The largest absolute Gasteiger partial charge is 0.481 e. The van der Waals surface area contributed by atoms with Gasteiger partial charge in [-0.1, -0.05) is 24.3 Å². The van der Waals surface area contributed by atoms with E-state index in [9.17, 15) is 0 Å². The Bertz CT molecular complexity index is 615. The summed E-state index contributed by atoms with van der Waals surface area (Å²) in [7, 11) is 1.57. The number of aromatic nitrogens is 2. The molecule has 1 aromatic heterocycles. The highest BCUT2D eigenvalue weighted by Crippen LogP contribution is 2.24. The van der Waals surface area contributed by atoms with Gasteiger partial charge in [-0.05, 0) is 30.4 Å². The zero-order valence-electron chi connectivity index (χ0n) is 11.5. The molecule has 5 nitrogen and oxygen atoms in total. The minimum absolute atomic E-state index is 0.225.